The second-order valence-electron chi connectivity index (χ2n) is 4.87. The van der Waals surface area contributed by atoms with Gasteiger partial charge in [-0.1, -0.05) is 20.8 Å². The summed E-state index contributed by atoms with van der Waals surface area (Å²) >= 11 is 0. The molecule has 1 unspecified atom stereocenters. The Balaban J connectivity index is 4.53. The number of nitriles is 1. The molecule has 0 heterocycles. The van der Waals surface area contributed by atoms with Crippen LogP contribution in [0.15, 0.2) is 0 Å². The second-order valence-corrected chi connectivity index (χ2v) is 4.87. The van der Waals surface area contributed by atoms with Gasteiger partial charge in [-0.3, -0.25) is 0 Å². The van der Waals surface area contributed by atoms with Crippen molar-refractivity contribution in [2.75, 3.05) is 0 Å². The smallest absolute Gasteiger partial charge is 0.348 e. The van der Waals surface area contributed by atoms with E-state index in [1.165, 1.54) is 0 Å². The highest BCUT2D eigenvalue weighted by molar-refractivity contribution is 5.73. The molecule has 0 bridgehead atoms. The normalized spacial score (nSPS) is 15.0. The summed E-state index contributed by atoms with van der Waals surface area (Å²) in [5.41, 5.74) is -0.508. The molecule has 16 heavy (non-hydrogen) atoms. The number of nitrogens with zero attached hydrogens (tertiary/aromatic N) is 1. The molecular formula is C11H19NO4. The Morgan fingerprint density at radius 1 is 1.50 bits per heavy atom. The summed E-state index contributed by atoms with van der Waals surface area (Å²) in [4.78, 5) is 15.0. The molecule has 0 saturated carbocycles. The number of carbonyl (C=O) groups excluding carboxylic acids is 1. The first-order valence-corrected chi connectivity index (χ1v) is 5.25. The second kappa shape index (κ2) is 6.46. The average molecular weight is 229 g/mol. The van der Waals surface area contributed by atoms with Crippen LogP contribution in [-0.4, -0.2) is 22.4 Å². The van der Waals surface area contributed by atoms with Crippen molar-refractivity contribution >= 4 is 5.97 Å². The van der Waals surface area contributed by atoms with Crippen molar-refractivity contribution in [2.24, 2.45) is 11.3 Å². The SMILES string of the molecule is CC(C)(C)C(C(=O)OO)[C@H](O)CCCC#N. The molecule has 0 rings (SSSR count). The fourth-order valence-electron chi connectivity index (χ4n) is 1.70. The van der Waals surface area contributed by atoms with Gasteiger partial charge >= 0.3 is 5.97 Å². The van der Waals surface area contributed by atoms with Crippen molar-refractivity contribution in [3.05, 3.63) is 0 Å². The Kier molecular flexibility index (Phi) is 6.01. The molecule has 0 aromatic rings. The van der Waals surface area contributed by atoms with E-state index in [0.29, 0.717) is 19.3 Å². The Bertz CT molecular complexity index is 264. The Morgan fingerprint density at radius 2 is 2.06 bits per heavy atom. The van der Waals surface area contributed by atoms with Crippen molar-refractivity contribution in [1.29, 1.82) is 5.26 Å². The quantitative estimate of drug-likeness (QED) is 0.425. The molecule has 0 aliphatic rings. The number of rotatable bonds is 5. The van der Waals surface area contributed by atoms with Crippen LogP contribution in [0.5, 0.6) is 0 Å². The molecule has 0 aromatic heterocycles. The van der Waals surface area contributed by atoms with Crippen molar-refractivity contribution in [3.8, 4) is 6.07 Å². The van der Waals surface area contributed by atoms with Crippen LogP contribution in [0.3, 0.4) is 0 Å². The zero-order valence-corrected chi connectivity index (χ0v) is 9.93. The fourth-order valence-corrected chi connectivity index (χ4v) is 1.70. The van der Waals surface area contributed by atoms with Crippen LogP contribution in [-0.2, 0) is 9.68 Å². The summed E-state index contributed by atoms with van der Waals surface area (Å²) < 4.78 is 0. The standard InChI is InChI=1S/C11H19NO4/c1-11(2,3)9(10(14)16-15)8(13)6-4-5-7-12/h8-9,13,15H,4-6H2,1-3H3/t8-,9?/m1/s1. The predicted octanol–water partition coefficient (Wildman–Crippen LogP) is 1.72. The number of hydrogen-bond acceptors (Lipinski definition) is 5. The van der Waals surface area contributed by atoms with Gasteiger partial charge in [-0.05, 0) is 18.3 Å². The molecule has 0 fully saturated rings. The van der Waals surface area contributed by atoms with E-state index >= 15 is 0 Å². The molecule has 0 amide bonds. The minimum Gasteiger partial charge on any atom is -0.392 e. The summed E-state index contributed by atoms with van der Waals surface area (Å²) in [5, 5.41) is 26.6. The molecule has 92 valence electrons. The highest BCUT2D eigenvalue weighted by atomic mass is 17.1. The minimum atomic E-state index is -0.909. The molecule has 0 radical (unpaired) electrons. The molecule has 0 aliphatic heterocycles. The van der Waals surface area contributed by atoms with E-state index in [1.54, 1.807) is 20.8 Å². The predicted molar refractivity (Wildman–Crippen MR) is 57.1 cm³/mol. The summed E-state index contributed by atoms with van der Waals surface area (Å²) in [6, 6.07) is 1.97. The first-order valence-electron chi connectivity index (χ1n) is 5.25. The first-order chi connectivity index (χ1) is 7.34. The summed E-state index contributed by atoms with van der Waals surface area (Å²) in [6.45, 7) is 5.34. The molecule has 2 atom stereocenters. The van der Waals surface area contributed by atoms with Gasteiger partial charge in [-0.2, -0.15) is 10.5 Å². The zero-order valence-electron chi connectivity index (χ0n) is 9.93. The van der Waals surface area contributed by atoms with Crippen LogP contribution >= 0.6 is 0 Å². The summed E-state index contributed by atoms with van der Waals surface area (Å²) in [5.74, 6) is -1.63. The molecule has 2 N–H and O–H groups in total. The van der Waals surface area contributed by atoms with E-state index in [-0.39, 0.29) is 0 Å². The third kappa shape index (κ3) is 4.60. The van der Waals surface area contributed by atoms with E-state index < -0.39 is 23.4 Å². The van der Waals surface area contributed by atoms with Gasteiger partial charge in [0.2, 0.25) is 0 Å². The maximum Gasteiger partial charge on any atom is 0.348 e. The third-order valence-corrected chi connectivity index (χ3v) is 2.45. The van der Waals surface area contributed by atoms with E-state index in [4.69, 9.17) is 10.5 Å². The van der Waals surface area contributed by atoms with Gasteiger partial charge in [-0.15, -0.1) is 0 Å². The number of aliphatic hydroxyl groups excluding tert-OH is 1. The molecule has 0 aromatic carbocycles. The first kappa shape index (κ1) is 14.9. The monoisotopic (exact) mass is 229 g/mol. The van der Waals surface area contributed by atoms with Crippen molar-refractivity contribution in [2.45, 2.75) is 46.1 Å². The topological polar surface area (TPSA) is 90.6 Å². The van der Waals surface area contributed by atoms with Gasteiger partial charge in [0.05, 0.1) is 18.1 Å². The zero-order chi connectivity index (χ0) is 12.8. The highest BCUT2D eigenvalue weighted by Gasteiger charge is 2.38. The lowest BCUT2D eigenvalue weighted by molar-refractivity contribution is -0.246. The van der Waals surface area contributed by atoms with Gasteiger partial charge in [0.25, 0.3) is 0 Å². The van der Waals surface area contributed by atoms with Gasteiger partial charge in [0.1, 0.15) is 0 Å². The van der Waals surface area contributed by atoms with E-state index in [9.17, 15) is 9.90 Å². The Hall–Kier alpha value is -1.12. The summed E-state index contributed by atoms with van der Waals surface area (Å²) in [7, 11) is 0. The lowest BCUT2D eigenvalue weighted by Gasteiger charge is -2.31. The van der Waals surface area contributed by atoms with E-state index in [2.05, 4.69) is 4.89 Å². The molecule has 0 spiro atoms. The van der Waals surface area contributed by atoms with Crippen molar-refractivity contribution < 1.29 is 20.0 Å². The number of unbranched alkanes of at least 4 members (excludes halogenated alkanes) is 1. The molecule has 0 aliphatic carbocycles. The maximum absolute atomic E-state index is 11.3. The maximum atomic E-state index is 11.3. The van der Waals surface area contributed by atoms with Gasteiger partial charge in [-0.25, -0.2) is 4.79 Å². The Morgan fingerprint density at radius 3 is 2.44 bits per heavy atom. The highest BCUT2D eigenvalue weighted by Crippen LogP contribution is 2.31. The van der Waals surface area contributed by atoms with Crippen LogP contribution in [0.2, 0.25) is 0 Å². The van der Waals surface area contributed by atoms with E-state index in [0.717, 1.165) is 0 Å². The van der Waals surface area contributed by atoms with Crippen molar-refractivity contribution in [1.82, 2.24) is 0 Å². The van der Waals surface area contributed by atoms with Crippen LogP contribution in [0, 0.1) is 22.7 Å². The lowest BCUT2D eigenvalue weighted by atomic mass is 9.76. The molecule has 0 saturated heterocycles. The number of carbonyl (C=O) groups is 1. The van der Waals surface area contributed by atoms with Crippen LogP contribution in [0.4, 0.5) is 0 Å². The number of hydrogen-bond donors (Lipinski definition) is 2. The molecular weight excluding hydrogens is 210 g/mol. The molecule has 5 nitrogen and oxygen atoms in total. The van der Waals surface area contributed by atoms with Crippen molar-refractivity contribution in [3.63, 3.8) is 0 Å². The van der Waals surface area contributed by atoms with Crippen LogP contribution in [0.25, 0.3) is 0 Å². The average Bonchev–Trinajstić information content (AvgIpc) is 2.16. The van der Waals surface area contributed by atoms with E-state index in [1.807, 2.05) is 6.07 Å². The summed E-state index contributed by atoms with van der Waals surface area (Å²) in [6.07, 6.45) is 0.281. The number of aliphatic hydroxyl groups is 1. The third-order valence-electron chi connectivity index (χ3n) is 2.45. The molecule has 5 heteroatoms. The van der Waals surface area contributed by atoms with Gasteiger partial charge in [0.15, 0.2) is 0 Å². The lowest BCUT2D eigenvalue weighted by Crippen LogP contribution is -2.39. The van der Waals surface area contributed by atoms with Gasteiger partial charge < -0.3 is 9.99 Å². The van der Waals surface area contributed by atoms with Crippen LogP contribution < -0.4 is 0 Å². The van der Waals surface area contributed by atoms with Gasteiger partial charge in [0, 0.05) is 6.42 Å². The largest absolute Gasteiger partial charge is 0.392 e. The fraction of sp³-hybridized carbons (Fsp3) is 0.818. The Labute approximate surface area is 95.6 Å². The van der Waals surface area contributed by atoms with Crippen LogP contribution in [0.1, 0.15) is 40.0 Å². The minimum absolute atomic E-state index is 0.335.